The lowest BCUT2D eigenvalue weighted by Gasteiger charge is -2.31. The van der Waals surface area contributed by atoms with Crippen LogP contribution in [0, 0.1) is 16.0 Å². The first kappa shape index (κ1) is 30.1. The summed E-state index contributed by atoms with van der Waals surface area (Å²) in [6, 6.07) is 16.4. The summed E-state index contributed by atoms with van der Waals surface area (Å²) in [5.74, 6) is -0.601. The van der Waals surface area contributed by atoms with Gasteiger partial charge in [-0.25, -0.2) is 5.01 Å². The number of fused-ring (bicyclic) bond motifs is 1. The minimum absolute atomic E-state index is 0.0434. The predicted molar refractivity (Wildman–Crippen MR) is 175 cm³/mol. The molecule has 46 heavy (non-hydrogen) atoms. The Bertz CT molecular complexity index is 1640. The molecule has 2 aromatic carbocycles. The summed E-state index contributed by atoms with van der Waals surface area (Å²) in [7, 11) is 0. The average Bonchev–Trinajstić information content (AvgIpc) is 3.73. The zero-order chi connectivity index (χ0) is 31.6. The number of hydrogen-bond acceptors (Lipinski definition) is 9. The summed E-state index contributed by atoms with van der Waals surface area (Å²) in [6.45, 7) is 8.53. The minimum Gasteiger partial charge on any atom is -0.378 e. The molecule has 0 unspecified atom stereocenters. The lowest BCUT2D eigenvalue weighted by molar-refractivity contribution is -0.385. The molecule has 0 N–H and O–H groups in total. The van der Waals surface area contributed by atoms with Crippen molar-refractivity contribution in [2.24, 2.45) is 11.0 Å². The lowest BCUT2D eigenvalue weighted by atomic mass is 9.77. The van der Waals surface area contributed by atoms with E-state index in [2.05, 4.69) is 69.5 Å². The van der Waals surface area contributed by atoms with E-state index in [4.69, 9.17) is 14.6 Å². The Labute approximate surface area is 268 Å². The molecule has 4 heterocycles. The number of hydrogen-bond donors (Lipinski definition) is 0. The smallest absolute Gasteiger partial charge is 0.320 e. The van der Waals surface area contributed by atoms with Crippen molar-refractivity contribution in [3.63, 3.8) is 0 Å². The van der Waals surface area contributed by atoms with Crippen molar-refractivity contribution in [2.45, 2.75) is 38.8 Å². The van der Waals surface area contributed by atoms with Gasteiger partial charge in [-0.1, -0.05) is 24.3 Å². The third kappa shape index (κ3) is 5.90. The molecule has 1 aromatic heterocycles. The molecular weight excluding hydrogens is 586 g/mol. The number of morpholine rings is 2. The summed E-state index contributed by atoms with van der Waals surface area (Å²) < 4.78 is 12.5. The van der Waals surface area contributed by atoms with Crippen molar-refractivity contribution in [1.82, 2.24) is 14.8 Å². The maximum atomic E-state index is 14.2. The van der Waals surface area contributed by atoms with Crippen LogP contribution in [-0.4, -0.2) is 83.9 Å². The van der Waals surface area contributed by atoms with E-state index in [0.717, 1.165) is 86.8 Å². The van der Waals surface area contributed by atoms with Crippen LogP contribution in [-0.2, 0) is 16.0 Å². The predicted octanol–water partition coefficient (Wildman–Crippen LogP) is 4.92. The fourth-order valence-corrected chi connectivity index (χ4v) is 6.98. The van der Waals surface area contributed by atoms with E-state index in [0.29, 0.717) is 19.8 Å². The van der Waals surface area contributed by atoms with E-state index in [1.165, 1.54) is 21.6 Å². The Morgan fingerprint density at radius 3 is 2.15 bits per heavy atom. The van der Waals surface area contributed by atoms with Crippen molar-refractivity contribution < 1.29 is 19.2 Å². The highest BCUT2D eigenvalue weighted by Crippen LogP contribution is 2.45. The second-order valence-electron chi connectivity index (χ2n) is 12.1. The van der Waals surface area contributed by atoms with Gasteiger partial charge < -0.3 is 19.3 Å². The number of benzene rings is 2. The van der Waals surface area contributed by atoms with E-state index < -0.39 is 16.9 Å². The minimum atomic E-state index is -0.558. The highest BCUT2D eigenvalue weighted by atomic mass is 16.6. The van der Waals surface area contributed by atoms with E-state index in [9.17, 15) is 14.9 Å². The summed E-state index contributed by atoms with van der Waals surface area (Å²) >= 11 is 0. The molecule has 240 valence electrons. The number of nitrogens with zero attached hydrogens (tertiary/aromatic N) is 7. The number of amides is 1. The largest absolute Gasteiger partial charge is 0.378 e. The summed E-state index contributed by atoms with van der Waals surface area (Å²) in [6.07, 6.45) is 6.15. The molecule has 3 aromatic rings. The van der Waals surface area contributed by atoms with Gasteiger partial charge >= 0.3 is 11.6 Å². The zero-order valence-corrected chi connectivity index (χ0v) is 26.1. The van der Waals surface area contributed by atoms with Gasteiger partial charge in [-0.2, -0.15) is 10.2 Å². The highest BCUT2D eigenvalue weighted by molar-refractivity contribution is 6.09. The van der Waals surface area contributed by atoms with Gasteiger partial charge in [0, 0.05) is 50.0 Å². The molecule has 0 bridgehead atoms. The number of allylic oxidation sites excluding steroid dienone is 1. The molecule has 7 rings (SSSR count). The van der Waals surface area contributed by atoms with Gasteiger partial charge in [-0.05, 0) is 73.2 Å². The topological polar surface area (TPSA) is 119 Å². The number of ether oxygens (including phenoxy) is 2. The molecule has 3 aliphatic heterocycles. The molecule has 0 radical (unpaired) electrons. The zero-order valence-electron chi connectivity index (χ0n) is 26.1. The third-order valence-corrected chi connectivity index (χ3v) is 9.40. The van der Waals surface area contributed by atoms with Crippen molar-refractivity contribution >= 4 is 34.8 Å². The second-order valence-corrected chi connectivity index (χ2v) is 12.1. The normalized spacial score (nSPS) is 22.6. The van der Waals surface area contributed by atoms with Gasteiger partial charge in [0.25, 0.3) is 0 Å². The molecule has 12 heteroatoms. The van der Waals surface area contributed by atoms with Gasteiger partial charge in [0.05, 0.1) is 43.1 Å². The number of nitro groups is 1. The lowest BCUT2D eigenvalue weighted by Crippen LogP contribution is -2.36. The van der Waals surface area contributed by atoms with Crippen LogP contribution in [0.25, 0.3) is 6.08 Å². The number of aryl methyl sites for hydroxylation is 1. The van der Waals surface area contributed by atoms with E-state index in [1.807, 2.05) is 6.92 Å². The maximum absolute atomic E-state index is 14.2. The van der Waals surface area contributed by atoms with Gasteiger partial charge in [0.2, 0.25) is 5.69 Å². The fraction of sp³-hybridized carbons (Fsp3) is 0.441. The van der Waals surface area contributed by atoms with E-state index in [1.54, 1.807) is 0 Å². The van der Waals surface area contributed by atoms with Crippen molar-refractivity contribution in [3.05, 3.63) is 87.2 Å². The summed E-state index contributed by atoms with van der Waals surface area (Å²) in [4.78, 5) is 30.2. The monoisotopic (exact) mass is 625 g/mol. The van der Waals surface area contributed by atoms with Crippen LogP contribution >= 0.6 is 0 Å². The Morgan fingerprint density at radius 1 is 0.957 bits per heavy atom. The molecule has 1 amide bonds. The Balaban J connectivity index is 1.23. The van der Waals surface area contributed by atoms with E-state index >= 15 is 0 Å². The van der Waals surface area contributed by atoms with Crippen molar-refractivity contribution in [2.75, 3.05) is 62.4 Å². The van der Waals surface area contributed by atoms with Gasteiger partial charge in [0.1, 0.15) is 6.20 Å². The van der Waals surface area contributed by atoms with Crippen LogP contribution in [0.2, 0.25) is 0 Å². The number of carbonyl (C=O) groups excluding carboxylic acids is 1. The molecule has 3 fully saturated rings. The van der Waals surface area contributed by atoms with Crippen LogP contribution < -0.4 is 9.80 Å². The Hall–Kier alpha value is -4.55. The fourth-order valence-electron chi connectivity index (χ4n) is 6.98. The van der Waals surface area contributed by atoms with Crippen molar-refractivity contribution in [3.8, 4) is 0 Å². The first-order valence-electron chi connectivity index (χ1n) is 16.2. The molecular formula is C34H39N7O5. The quantitative estimate of drug-likeness (QED) is 0.268. The van der Waals surface area contributed by atoms with Gasteiger partial charge in [-0.15, -0.1) is 0 Å². The van der Waals surface area contributed by atoms with Gasteiger partial charge in [-0.3, -0.25) is 19.6 Å². The molecule has 0 spiro atoms. The SMILES string of the molecule is CCn1cc([N+](=O)[O-])c(C(=O)N2N=C3/C(=C\c4ccc(N5CCOCC5)cc4)CCC[C@@H]3[C@@H]2c2ccc(N3CCOCC3)cc2)n1. The highest BCUT2D eigenvalue weighted by Gasteiger charge is 2.46. The van der Waals surface area contributed by atoms with Crippen LogP contribution in [0.4, 0.5) is 17.1 Å². The average molecular weight is 626 g/mol. The molecule has 2 atom stereocenters. The number of anilines is 2. The van der Waals surface area contributed by atoms with Crippen LogP contribution in [0.1, 0.15) is 53.8 Å². The van der Waals surface area contributed by atoms with Crippen LogP contribution in [0.15, 0.2) is 65.4 Å². The molecule has 4 aliphatic rings. The second kappa shape index (κ2) is 13.1. The first-order valence-corrected chi connectivity index (χ1v) is 16.2. The molecule has 12 nitrogen and oxygen atoms in total. The summed E-state index contributed by atoms with van der Waals surface area (Å²) in [5, 5.41) is 22.7. The van der Waals surface area contributed by atoms with E-state index in [-0.39, 0.29) is 17.3 Å². The number of rotatable bonds is 7. The Kier molecular flexibility index (Phi) is 8.55. The number of carbonyl (C=O) groups is 1. The van der Waals surface area contributed by atoms with Crippen LogP contribution in [0.5, 0.6) is 0 Å². The first-order chi connectivity index (χ1) is 22.5. The standard InChI is InChI=1S/C34H39N7O5/c1-2-39-23-30(41(43)44)32(35-39)34(42)40-33(25-8-12-28(13-9-25)38-16-20-46-21-17-38)29-5-3-4-26(31(29)36-40)22-24-6-10-27(11-7-24)37-14-18-45-19-15-37/h6-13,22-23,29,33H,2-5,14-21H2,1H3/b26-22-/t29-,33-/m0/s1. The third-order valence-electron chi connectivity index (χ3n) is 9.40. The molecule has 1 aliphatic carbocycles. The van der Waals surface area contributed by atoms with Crippen LogP contribution in [0.3, 0.4) is 0 Å². The summed E-state index contributed by atoms with van der Waals surface area (Å²) in [5.41, 5.74) is 5.77. The number of aromatic nitrogens is 2. The Morgan fingerprint density at radius 2 is 1.57 bits per heavy atom. The maximum Gasteiger partial charge on any atom is 0.320 e. The molecule has 2 saturated heterocycles. The van der Waals surface area contributed by atoms with Crippen molar-refractivity contribution in [1.29, 1.82) is 0 Å². The number of hydrazone groups is 1. The molecule has 1 saturated carbocycles. The van der Waals surface area contributed by atoms with Gasteiger partial charge in [0.15, 0.2) is 0 Å².